The van der Waals surface area contributed by atoms with E-state index in [1.165, 1.54) is 13.2 Å². The molecule has 0 saturated carbocycles. The maximum absolute atomic E-state index is 13.6. The molecule has 1 aliphatic rings. The molecule has 18 heavy (non-hydrogen) atoms. The van der Waals surface area contributed by atoms with Gasteiger partial charge in [-0.15, -0.1) is 0 Å². The van der Waals surface area contributed by atoms with E-state index in [9.17, 15) is 4.39 Å². The molecule has 1 aliphatic heterocycles. The Morgan fingerprint density at radius 1 is 1.61 bits per heavy atom. The van der Waals surface area contributed by atoms with Crippen molar-refractivity contribution in [1.82, 2.24) is 5.43 Å². The summed E-state index contributed by atoms with van der Waals surface area (Å²) in [6.45, 7) is 1.49. The van der Waals surface area contributed by atoms with E-state index >= 15 is 0 Å². The highest BCUT2D eigenvalue weighted by molar-refractivity contribution is 5.29. The molecule has 4 nitrogen and oxygen atoms in total. The van der Waals surface area contributed by atoms with Crippen LogP contribution in [-0.2, 0) is 11.2 Å². The van der Waals surface area contributed by atoms with Crippen LogP contribution in [0.2, 0.25) is 0 Å². The second kappa shape index (κ2) is 6.13. The van der Waals surface area contributed by atoms with Gasteiger partial charge in [-0.3, -0.25) is 11.3 Å². The molecule has 2 atom stereocenters. The lowest BCUT2D eigenvalue weighted by molar-refractivity contribution is 0.176. The van der Waals surface area contributed by atoms with Crippen LogP contribution >= 0.6 is 0 Å². The van der Waals surface area contributed by atoms with Crippen LogP contribution in [-0.4, -0.2) is 26.4 Å². The van der Waals surface area contributed by atoms with Gasteiger partial charge in [-0.05, 0) is 30.5 Å². The number of rotatable bonds is 5. The van der Waals surface area contributed by atoms with Gasteiger partial charge in [0.15, 0.2) is 11.6 Å². The van der Waals surface area contributed by atoms with E-state index in [4.69, 9.17) is 15.3 Å². The summed E-state index contributed by atoms with van der Waals surface area (Å²) in [7, 11) is 1.46. The fourth-order valence-electron chi connectivity index (χ4n) is 2.32. The molecule has 0 aliphatic carbocycles. The minimum absolute atomic E-state index is 0.111. The van der Waals surface area contributed by atoms with Gasteiger partial charge in [0.1, 0.15) is 0 Å². The molecule has 0 radical (unpaired) electrons. The molecule has 1 heterocycles. The van der Waals surface area contributed by atoms with Gasteiger partial charge in [0.25, 0.3) is 0 Å². The van der Waals surface area contributed by atoms with Gasteiger partial charge in [-0.2, -0.15) is 0 Å². The molecule has 0 aromatic heterocycles. The molecule has 1 fully saturated rings. The Labute approximate surface area is 106 Å². The van der Waals surface area contributed by atoms with Crippen LogP contribution in [0.5, 0.6) is 5.75 Å². The maximum atomic E-state index is 13.6. The number of ether oxygens (including phenoxy) is 2. The van der Waals surface area contributed by atoms with E-state index in [1.807, 2.05) is 6.07 Å². The summed E-state index contributed by atoms with van der Waals surface area (Å²) >= 11 is 0. The fourth-order valence-corrected chi connectivity index (χ4v) is 2.32. The number of benzene rings is 1. The van der Waals surface area contributed by atoms with E-state index in [0.717, 1.165) is 18.6 Å². The van der Waals surface area contributed by atoms with Gasteiger partial charge in [0.2, 0.25) is 0 Å². The molecule has 1 aromatic carbocycles. The Morgan fingerprint density at radius 3 is 3.00 bits per heavy atom. The highest BCUT2D eigenvalue weighted by Gasteiger charge is 2.25. The Morgan fingerprint density at radius 2 is 2.44 bits per heavy atom. The fraction of sp³-hybridized carbons (Fsp3) is 0.538. The summed E-state index contributed by atoms with van der Waals surface area (Å²) in [5.41, 5.74) is 3.71. The molecule has 0 spiro atoms. The molecular formula is C13H19FN2O2. The summed E-state index contributed by atoms with van der Waals surface area (Å²) in [5, 5.41) is 0. The second-order valence-corrected chi connectivity index (χ2v) is 4.57. The summed E-state index contributed by atoms with van der Waals surface area (Å²) in [5.74, 6) is 5.88. The van der Waals surface area contributed by atoms with Crippen molar-refractivity contribution in [3.63, 3.8) is 0 Å². The predicted molar refractivity (Wildman–Crippen MR) is 66.7 cm³/mol. The molecule has 5 heteroatoms. The molecule has 1 saturated heterocycles. The SMILES string of the molecule is COc1ccc(CC(NN)C2CCOC2)cc1F. The number of hydrazine groups is 1. The van der Waals surface area contributed by atoms with E-state index in [-0.39, 0.29) is 17.6 Å². The van der Waals surface area contributed by atoms with Gasteiger partial charge >= 0.3 is 0 Å². The lowest BCUT2D eigenvalue weighted by Gasteiger charge is -2.21. The zero-order valence-corrected chi connectivity index (χ0v) is 10.5. The Bertz CT molecular complexity index is 395. The molecule has 2 rings (SSSR count). The molecule has 2 unspecified atom stereocenters. The number of nitrogens with two attached hydrogens (primary N) is 1. The number of halogens is 1. The Balaban J connectivity index is 2.04. The topological polar surface area (TPSA) is 56.5 Å². The third kappa shape index (κ3) is 2.98. The quantitative estimate of drug-likeness (QED) is 0.613. The van der Waals surface area contributed by atoms with Gasteiger partial charge in [-0.1, -0.05) is 6.07 Å². The van der Waals surface area contributed by atoms with Crippen molar-refractivity contribution < 1.29 is 13.9 Å². The summed E-state index contributed by atoms with van der Waals surface area (Å²) < 4.78 is 23.8. The van der Waals surface area contributed by atoms with Gasteiger partial charge < -0.3 is 9.47 Å². The van der Waals surface area contributed by atoms with Crippen LogP contribution in [0.4, 0.5) is 4.39 Å². The Hall–Kier alpha value is -1.17. The van der Waals surface area contributed by atoms with Crippen LogP contribution in [0.15, 0.2) is 18.2 Å². The minimum atomic E-state index is -0.339. The van der Waals surface area contributed by atoms with Crippen LogP contribution in [0.3, 0.4) is 0 Å². The number of methoxy groups -OCH3 is 1. The molecule has 3 N–H and O–H groups in total. The standard InChI is InChI=1S/C13H19FN2O2/c1-17-13-3-2-9(6-11(13)14)7-12(16-15)10-4-5-18-8-10/h2-3,6,10,12,16H,4-5,7-8,15H2,1H3. The lowest BCUT2D eigenvalue weighted by atomic mass is 9.93. The molecule has 0 amide bonds. The van der Waals surface area contributed by atoms with Crippen molar-refractivity contribution in [2.75, 3.05) is 20.3 Å². The lowest BCUT2D eigenvalue weighted by Crippen LogP contribution is -2.42. The van der Waals surface area contributed by atoms with Gasteiger partial charge in [-0.25, -0.2) is 4.39 Å². The number of hydrogen-bond donors (Lipinski definition) is 2. The van der Waals surface area contributed by atoms with E-state index in [1.54, 1.807) is 6.07 Å². The van der Waals surface area contributed by atoms with Crippen LogP contribution in [0.25, 0.3) is 0 Å². The highest BCUT2D eigenvalue weighted by atomic mass is 19.1. The summed E-state index contributed by atoms with van der Waals surface area (Å²) in [4.78, 5) is 0. The third-order valence-electron chi connectivity index (χ3n) is 3.42. The maximum Gasteiger partial charge on any atom is 0.165 e. The molecular weight excluding hydrogens is 235 g/mol. The highest BCUT2D eigenvalue weighted by Crippen LogP contribution is 2.22. The summed E-state index contributed by atoms with van der Waals surface area (Å²) in [6.07, 6.45) is 1.68. The van der Waals surface area contributed by atoms with E-state index in [0.29, 0.717) is 18.9 Å². The van der Waals surface area contributed by atoms with Crippen molar-refractivity contribution in [2.45, 2.75) is 18.9 Å². The van der Waals surface area contributed by atoms with Crippen molar-refractivity contribution in [2.24, 2.45) is 11.8 Å². The summed E-state index contributed by atoms with van der Waals surface area (Å²) in [6, 6.07) is 5.12. The van der Waals surface area contributed by atoms with Crippen molar-refractivity contribution in [3.8, 4) is 5.75 Å². The zero-order valence-electron chi connectivity index (χ0n) is 10.5. The first-order valence-corrected chi connectivity index (χ1v) is 6.11. The van der Waals surface area contributed by atoms with Crippen LogP contribution in [0.1, 0.15) is 12.0 Å². The van der Waals surface area contributed by atoms with E-state index < -0.39 is 0 Å². The monoisotopic (exact) mass is 254 g/mol. The van der Waals surface area contributed by atoms with E-state index in [2.05, 4.69) is 5.43 Å². The van der Waals surface area contributed by atoms with Crippen molar-refractivity contribution >= 4 is 0 Å². The Kier molecular flexibility index (Phi) is 4.52. The first-order chi connectivity index (χ1) is 8.74. The molecule has 1 aromatic rings. The zero-order chi connectivity index (χ0) is 13.0. The van der Waals surface area contributed by atoms with Crippen molar-refractivity contribution in [1.29, 1.82) is 0 Å². The van der Waals surface area contributed by atoms with Crippen LogP contribution < -0.4 is 16.0 Å². The second-order valence-electron chi connectivity index (χ2n) is 4.57. The number of nitrogens with one attached hydrogen (secondary N) is 1. The average molecular weight is 254 g/mol. The number of hydrogen-bond acceptors (Lipinski definition) is 4. The first kappa shape index (κ1) is 13.3. The largest absolute Gasteiger partial charge is 0.494 e. The van der Waals surface area contributed by atoms with Gasteiger partial charge in [0.05, 0.1) is 13.7 Å². The van der Waals surface area contributed by atoms with Gasteiger partial charge in [0, 0.05) is 18.6 Å². The minimum Gasteiger partial charge on any atom is -0.494 e. The van der Waals surface area contributed by atoms with Crippen molar-refractivity contribution in [3.05, 3.63) is 29.6 Å². The normalized spacial score (nSPS) is 20.9. The average Bonchev–Trinajstić information content (AvgIpc) is 2.90. The van der Waals surface area contributed by atoms with Crippen LogP contribution in [0, 0.1) is 11.7 Å². The third-order valence-corrected chi connectivity index (χ3v) is 3.42. The molecule has 0 bridgehead atoms. The first-order valence-electron chi connectivity index (χ1n) is 6.11. The smallest absolute Gasteiger partial charge is 0.165 e. The predicted octanol–water partition coefficient (Wildman–Crippen LogP) is 1.25. The molecule has 100 valence electrons.